The molecule has 0 N–H and O–H groups in total. The van der Waals surface area contributed by atoms with Crippen molar-refractivity contribution in [1.29, 1.82) is 0 Å². The summed E-state index contributed by atoms with van der Waals surface area (Å²) in [4.78, 5) is 4.41. The van der Waals surface area contributed by atoms with Gasteiger partial charge in [0, 0.05) is 41.2 Å². The number of para-hydroxylation sites is 1. The summed E-state index contributed by atoms with van der Waals surface area (Å²) in [5, 5.41) is 2.38. The minimum Gasteiger partial charge on any atom is -0.322 e. The average Bonchev–Trinajstić information content (AvgIpc) is 3.29. The van der Waals surface area contributed by atoms with Crippen LogP contribution in [0.1, 0.15) is 0 Å². The molecule has 24 heavy (non-hydrogen) atoms. The number of nitrogens with zero attached hydrogens (tertiary/aromatic N) is 3. The maximum absolute atomic E-state index is 4.41. The lowest BCUT2D eigenvalue weighted by molar-refractivity contribution is 1.06. The quantitative estimate of drug-likeness (QED) is 0.451. The van der Waals surface area contributed by atoms with Gasteiger partial charge in [0.25, 0.3) is 0 Å². The Labute approximate surface area is 139 Å². The fraction of sp³-hybridized carbons (Fsp3) is 0. The van der Waals surface area contributed by atoms with E-state index >= 15 is 0 Å². The van der Waals surface area contributed by atoms with E-state index in [1.807, 2.05) is 24.4 Å². The highest BCUT2D eigenvalue weighted by Gasteiger charge is 2.10. The van der Waals surface area contributed by atoms with Gasteiger partial charge in [0.15, 0.2) is 0 Å². The van der Waals surface area contributed by atoms with E-state index in [1.54, 1.807) is 0 Å². The molecule has 0 spiro atoms. The average molecular weight is 309 g/mol. The smallest absolute Gasteiger partial charge is 0.0711 e. The van der Waals surface area contributed by atoms with Crippen molar-refractivity contribution in [3.63, 3.8) is 0 Å². The lowest BCUT2D eigenvalue weighted by atomic mass is 10.2. The number of hydrogen-bond acceptors (Lipinski definition) is 1. The Hall–Kier alpha value is -3.33. The lowest BCUT2D eigenvalue weighted by Crippen LogP contribution is -1.92. The fourth-order valence-corrected chi connectivity index (χ4v) is 3.29. The number of aromatic nitrogens is 3. The molecule has 0 aliphatic heterocycles. The molecule has 2 aromatic carbocycles. The van der Waals surface area contributed by atoms with Crippen LogP contribution in [0.15, 0.2) is 91.5 Å². The zero-order chi connectivity index (χ0) is 15.9. The van der Waals surface area contributed by atoms with Crippen LogP contribution >= 0.6 is 0 Å². The van der Waals surface area contributed by atoms with Gasteiger partial charge in [-0.2, -0.15) is 0 Å². The highest BCUT2D eigenvalue weighted by atomic mass is 15.0. The van der Waals surface area contributed by atoms with E-state index in [9.17, 15) is 0 Å². The molecule has 0 radical (unpaired) electrons. The van der Waals surface area contributed by atoms with Crippen LogP contribution in [-0.2, 0) is 0 Å². The van der Waals surface area contributed by atoms with Crippen LogP contribution in [0.3, 0.4) is 0 Å². The van der Waals surface area contributed by atoms with Gasteiger partial charge in [0.1, 0.15) is 0 Å². The second-order valence-corrected chi connectivity index (χ2v) is 5.87. The van der Waals surface area contributed by atoms with Crippen LogP contribution in [0.5, 0.6) is 0 Å². The standard InChI is InChI=1S/C21H15N3/c1-2-8-20-18(7-1)21(23-12-3-4-13-23)15-24(20)17-9-10-19-16(14-17)6-5-11-22-19/h1-15H. The van der Waals surface area contributed by atoms with E-state index in [1.165, 1.54) is 16.6 Å². The summed E-state index contributed by atoms with van der Waals surface area (Å²) in [5.74, 6) is 0. The Balaban J connectivity index is 1.79. The summed E-state index contributed by atoms with van der Waals surface area (Å²) < 4.78 is 4.40. The van der Waals surface area contributed by atoms with Gasteiger partial charge in [0.2, 0.25) is 0 Å². The molecule has 3 heterocycles. The first kappa shape index (κ1) is 13.1. The minimum absolute atomic E-state index is 1.02. The van der Waals surface area contributed by atoms with Crippen LogP contribution in [0.4, 0.5) is 0 Å². The minimum atomic E-state index is 1.02. The molecule has 5 aromatic rings. The van der Waals surface area contributed by atoms with Crippen LogP contribution in [-0.4, -0.2) is 14.1 Å². The lowest BCUT2D eigenvalue weighted by Gasteiger charge is -2.06. The van der Waals surface area contributed by atoms with Gasteiger partial charge in [-0.05, 0) is 42.5 Å². The zero-order valence-electron chi connectivity index (χ0n) is 13.0. The van der Waals surface area contributed by atoms with E-state index in [2.05, 4.69) is 81.2 Å². The maximum Gasteiger partial charge on any atom is 0.0711 e. The molecule has 5 rings (SSSR count). The summed E-state index contributed by atoms with van der Waals surface area (Å²) in [7, 11) is 0. The van der Waals surface area contributed by atoms with E-state index in [4.69, 9.17) is 0 Å². The van der Waals surface area contributed by atoms with Crippen molar-refractivity contribution in [2.24, 2.45) is 0 Å². The predicted octanol–water partition coefficient (Wildman–Crippen LogP) is 4.97. The molecule has 3 aromatic heterocycles. The molecule has 0 saturated heterocycles. The molecule has 0 aliphatic carbocycles. The van der Waals surface area contributed by atoms with Crippen molar-refractivity contribution in [3.8, 4) is 11.4 Å². The third-order valence-corrected chi connectivity index (χ3v) is 4.44. The summed E-state index contributed by atoms with van der Waals surface area (Å²) in [6.45, 7) is 0. The maximum atomic E-state index is 4.41. The Morgan fingerprint density at radius 1 is 0.792 bits per heavy atom. The second kappa shape index (κ2) is 5.10. The number of pyridine rings is 1. The van der Waals surface area contributed by atoms with Crippen molar-refractivity contribution in [2.75, 3.05) is 0 Å². The first-order valence-corrected chi connectivity index (χ1v) is 7.99. The third-order valence-electron chi connectivity index (χ3n) is 4.44. The van der Waals surface area contributed by atoms with Gasteiger partial charge in [-0.15, -0.1) is 0 Å². The molecule has 0 saturated carbocycles. The molecule has 0 unspecified atom stereocenters. The van der Waals surface area contributed by atoms with Gasteiger partial charge in [-0.25, -0.2) is 0 Å². The Bertz CT molecular complexity index is 1150. The van der Waals surface area contributed by atoms with Crippen LogP contribution < -0.4 is 0 Å². The molecule has 0 aliphatic rings. The summed E-state index contributed by atoms with van der Waals surface area (Å²) in [6.07, 6.45) is 8.19. The molecule has 0 amide bonds. The SMILES string of the molecule is c1cnc2ccc(-n3cc(-n4cccc4)c4ccccc43)cc2c1. The van der Waals surface area contributed by atoms with E-state index in [-0.39, 0.29) is 0 Å². The largest absolute Gasteiger partial charge is 0.322 e. The van der Waals surface area contributed by atoms with Crippen molar-refractivity contribution in [1.82, 2.24) is 14.1 Å². The predicted molar refractivity (Wildman–Crippen MR) is 97.9 cm³/mol. The number of fused-ring (bicyclic) bond motifs is 2. The van der Waals surface area contributed by atoms with Crippen molar-refractivity contribution in [2.45, 2.75) is 0 Å². The molecule has 0 bridgehead atoms. The summed E-state index contributed by atoms with van der Waals surface area (Å²) in [5.41, 5.74) is 4.54. The van der Waals surface area contributed by atoms with E-state index in [0.29, 0.717) is 0 Å². The van der Waals surface area contributed by atoms with E-state index < -0.39 is 0 Å². The third kappa shape index (κ3) is 1.95. The Morgan fingerprint density at radius 2 is 1.67 bits per heavy atom. The molecule has 3 heteroatoms. The summed E-state index contributed by atoms with van der Waals surface area (Å²) in [6, 6.07) is 23.1. The molecular formula is C21H15N3. The second-order valence-electron chi connectivity index (χ2n) is 5.87. The first-order valence-electron chi connectivity index (χ1n) is 7.99. The highest BCUT2D eigenvalue weighted by Crippen LogP contribution is 2.28. The zero-order valence-corrected chi connectivity index (χ0v) is 13.0. The summed E-state index contributed by atoms with van der Waals surface area (Å²) >= 11 is 0. The van der Waals surface area contributed by atoms with Crippen molar-refractivity contribution in [3.05, 3.63) is 91.5 Å². The van der Waals surface area contributed by atoms with Crippen molar-refractivity contribution < 1.29 is 0 Å². The van der Waals surface area contributed by atoms with E-state index in [0.717, 1.165) is 16.6 Å². The number of hydrogen-bond donors (Lipinski definition) is 0. The van der Waals surface area contributed by atoms with Crippen LogP contribution in [0.25, 0.3) is 33.2 Å². The van der Waals surface area contributed by atoms with Gasteiger partial charge in [-0.1, -0.05) is 24.3 Å². The molecule has 0 atom stereocenters. The fourth-order valence-electron chi connectivity index (χ4n) is 3.29. The molecule has 0 fully saturated rings. The van der Waals surface area contributed by atoms with Crippen LogP contribution in [0, 0.1) is 0 Å². The molecule has 114 valence electrons. The first-order chi connectivity index (χ1) is 11.9. The van der Waals surface area contributed by atoms with Gasteiger partial charge in [0.05, 0.1) is 16.7 Å². The molecular weight excluding hydrogens is 294 g/mol. The topological polar surface area (TPSA) is 22.8 Å². The van der Waals surface area contributed by atoms with Gasteiger partial charge >= 0.3 is 0 Å². The number of benzene rings is 2. The molecule has 3 nitrogen and oxygen atoms in total. The Morgan fingerprint density at radius 3 is 2.58 bits per heavy atom. The monoisotopic (exact) mass is 309 g/mol. The van der Waals surface area contributed by atoms with Crippen LogP contribution in [0.2, 0.25) is 0 Å². The Kier molecular flexibility index (Phi) is 2.79. The normalized spacial score (nSPS) is 11.3. The van der Waals surface area contributed by atoms with Gasteiger partial charge in [-0.3, -0.25) is 4.98 Å². The highest BCUT2D eigenvalue weighted by molar-refractivity contribution is 5.91. The van der Waals surface area contributed by atoms with Gasteiger partial charge < -0.3 is 9.13 Å². The number of rotatable bonds is 2. The van der Waals surface area contributed by atoms with Crippen molar-refractivity contribution >= 4 is 21.8 Å².